The summed E-state index contributed by atoms with van der Waals surface area (Å²) in [6.45, 7) is 11.8. The van der Waals surface area contributed by atoms with E-state index in [9.17, 15) is 0 Å². The first-order valence-corrected chi connectivity index (χ1v) is 6.26. The molecule has 0 aliphatic carbocycles. The van der Waals surface area contributed by atoms with Crippen LogP contribution in [0.3, 0.4) is 0 Å². The van der Waals surface area contributed by atoms with Crippen molar-refractivity contribution < 1.29 is 0 Å². The van der Waals surface area contributed by atoms with Crippen LogP contribution in [0.1, 0.15) is 34.6 Å². The van der Waals surface area contributed by atoms with Gasteiger partial charge in [-0.1, -0.05) is 42.5 Å². The van der Waals surface area contributed by atoms with E-state index >= 15 is 0 Å². The molecule has 2 heteroatoms. The molecular weight excluding hydrogens is 165 g/mol. The normalized spacial score (nSPS) is 15.8. The van der Waals surface area contributed by atoms with Crippen molar-refractivity contribution in [2.45, 2.75) is 45.4 Å². The number of nitrogens with zero attached hydrogens (tertiary/aromatic N) is 1. The fourth-order valence-corrected chi connectivity index (χ4v) is 4.36. The van der Waals surface area contributed by atoms with Crippen molar-refractivity contribution in [3.63, 3.8) is 0 Å². The minimum Gasteiger partial charge on any atom is -0.305 e. The first-order chi connectivity index (χ1) is 5.25. The zero-order valence-electron chi connectivity index (χ0n) is 9.68. The largest absolute Gasteiger partial charge is 0.305 e. The van der Waals surface area contributed by atoms with Gasteiger partial charge >= 0.3 is 0 Å². The SMILES string of the molecule is CC(C)P(CN(C)C)C(C)(C)C. The van der Waals surface area contributed by atoms with Crippen LogP contribution in [-0.2, 0) is 0 Å². The third-order valence-electron chi connectivity index (χ3n) is 1.92. The second-order valence-electron chi connectivity index (χ2n) is 4.96. The summed E-state index contributed by atoms with van der Waals surface area (Å²) in [6, 6.07) is 0. The van der Waals surface area contributed by atoms with E-state index in [0.29, 0.717) is 5.16 Å². The monoisotopic (exact) mass is 189 g/mol. The van der Waals surface area contributed by atoms with E-state index in [0.717, 1.165) is 5.66 Å². The molecule has 0 heterocycles. The van der Waals surface area contributed by atoms with Gasteiger partial charge in [0.2, 0.25) is 0 Å². The Morgan fingerprint density at radius 1 is 1.17 bits per heavy atom. The van der Waals surface area contributed by atoms with E-state index < -0.39 is 0 Å². The maximum Gasteiger partial charge on any atom is 0.0184 e. The first kappa shape index (κ1) is 12.4. The fourth-order valence-electron chi connectivity index (χ4n) is 1.45. The van der Waals surface area contributed by atoms with E-state index in [4.69, 9.17) is 0 Å². The summed E-state index contributed by atoms with van der Waals surface area (Å²) in [6.07, 6.45) is 1.26. The molecular formula is C10H24NP. The molecule has 0 saturated heterocycles. The molecule has 1 unspecified atom stereocenters. The predicted octanol–water partition coefficient (Wildman–Crippen LogP) is 3.19. The number of hydrogen-bond acceptors (Lipinski definition) is 1. The highest BCUT2D eigenvalue weighted by Crippen LogP contribution is 2.53. The summed E-state index contributed by atoms with van der Waals surface area (Å²) in [5.41, 5.74) is 0.836. The van der Waals surface area contributed by atoms with E-state index in [1.54, 1.807) is 0 Å². The molecule has 0 bridgehead atoms. The third-order valence-corrected chi connectivity index (χ3v) is 5.76. The molecule has 0 fully saturated rings. The van der Waals surface area contributed by atoms with Gasteiger partial charge in [0.05, 0.1) is 0 Å². The molecule has 12 heavy (non-hydrogen) atoms. The quantitative estimate of drug-likeness (QED) is 0.616. The van der Waals surface area contributed by atoms with Crippen molar-refractivity contribution in [2.75, 3.05) is 20.4 Å². The lowest BCUT2D eigenvalue weighted by Gasteiger charge is -2.36. The van der Waals surface area contributed by atoms with Crippen LogP contribution in [0, 0.1) is 0 Å². The molecule has 0 rings (SSSR count). The van der Waals surface area contributed by atoms with Gasteiger partial charge in [-0.25, -0.2) is 0 Å². The highest BCUT2D eigenvalue weighted by Gasteiger charge is 2.26. The minimum atomic E-state index is 0.126. The topological polar surface area (TPSA) is 3.24 Å². The van der Waals surface area contributed by atoms with Crippen LogP contribution in [0.15, 0.2) is 0 Å². The Kier molecular flexibility index (Phi) is 4.73. The van der Waals surface area contributed by atoms with Crippen molar-refractivity contribution in [1.82, 2.24) is 4.90 Å². The molecule has 0 aliphatic heterocycles. The summed E-state index contributed by atoms with van der Waals surface area (Å²) in [5, 5.41) is 0.494. The van der Waals surface area contributed by atoms with Gasteiger partial charge in [0.1, 0.15) is 0 Å². The second-order valence-corrected chi connectivity index (χ2v) is 8.55. The lowest BCUT2D eigenvalue weighted by atomic mass is 10.3. The van der Waals surface area contributed by atoms with Gasteiger partial charge in [0.25, 0.3) is 0 Å². The minimum absolute atomic E-state index is 0.126. The van der Waals surface area contributed by atoms with Crippen molar-refractivity contribution in [3.05, 3.63) is 0 Å². The van der Waals surface area contributed by atoms with E-state index in [1.807, 2.05) is 0 Å². The van der Waals surface area contributed by atoms with Gasteiger partial charge in [0, 0.05) is 6.29 Å². The van der Waals surface area contributed by atoms with Gasteiger partial charge in [-0.05, 0) is 24.9 Å². The molecule has 0 N–H and O–H groups in total. The van der Waals surface area contributed by atoms with Gasteiger partial charge in [-0.3, -0.25) is 0 Å². The Morgan fingerprint density at radius 2 is 1.58 bits per heavy atom. The standard InChI is InChI=1S/C10H24NP/c1-9(2)12(8-11(6)7)10(3,4)5/h9H,8H2,1-7H3. The maximum absolute atomic E-state index is 2.36. The predicted molar refractivity (Wildman–Crippen MR) is 60.4 cm³/mol. The molecule has 1 atom stereocenters. The molecule has 0 aromatic carbocycles. The van der Waals surface area contributed by atoms with E-state index in [1.165, 1.54) is 6.29 Å². The van der Waals surface area contributed by atoms with Crippen LogP contribution in [0.4, 0.5) is 0 Å². The molecule has 1 nitrogen and oxygen atoms in total. The lowest BCUT2D eigenvalue weighted by Crippen LogP contribution is -2.25. The Morgan fingerprint density at radius 3 is 1.67 bits per heavy atom. The van der Waals surface area contributed by atoms with Gasteiger partial charge in [-0.15, -0.1) is 0 Å². The summed E-state index contributed by atoms with van der Waals surface area (Å²) >= 11 is 0. The van der Waals surface area contributed by atoms with Crippen molar-refractivity contribution in [2.24, 2.45) is 0 Å². The van der Waals surface area contributed by atoms with Crippen molar-refractivity contribution in [3.8, 4) is 0 Å². The van der Waals surface area contributed by atoms with Crippen LogP contribution >= 0.6 is 7.92 Å². The fraction of sp³-hybridized carbons (Fsp3) is 1.00. The van der Waals surface area contributed by atoms with Crippen LogP contribution in [-0.4, -0.2) is 36.1 Å². The first-order valence-electron chi connectivity index (χ1n) is 4.66. The zero-order chi connectivity index (χ0) is 9.94. The highest BCUT2D eigenvalue weighted by atomic mass is 31.1. The maximum atomic E-state index is 2.36. The highest BCUT2D eigenvalue weighted by molar-refractivity contribution is 7.59. The van der Waals surface area contributed by atoms with Crippen LogP contribution in [0.5, 0.6) is 0 Å². The average Bonchev–Trinajstić information content (AvgIpc) is 1.79. The molecule has 74 valence electrons. The van der Waals surface area contributed by atoms with E-state index in [-0.39, 0.29) is 7.92 Å². The van der Waals surface area contributed by atoms with Crippen LogP contribution in [0.25, 0.3) is 0 Å². The summed E-state index contributed by atoms with van der Waals surface area (Å²) in [7, 11) is 4.47. The van der Waals surface area contributed by atoms with Crippen molar-refractivity contribution >= 4 is 7.92 Å². The van der Waals surface area contributed by atoms with Gasteiger partial charge in [-0.2, -0.15) is 0 Å². The third kappa shape index (κ3) is 4.42. The zero-order valence-corrected chi connectivity index (χ0v) is 10.6. The van der Waals surface area contributed by atoms with Gasteiger partial charge < -0.3 is 4.90 Å². The Hall–Kier alpha value is 0.390. The Labute approximate surface area is 79.3 Å². The summed E-state index contributed by atoms with van der Waals surface area (Å²) in [5.74, 6) is 0. The molecule has 0 saturated carbocycles. The Balaban J connectivity index is 4.25. The molecule has 0 amide bonds. The lowest BCUT2D eigenvalue weighted by molar-refractivity contribution is 0.475. The molecule has 0 spiro atoms. The Bertz CT molecular complexity index is 124. The van der Waals surface area contributed by atoms with Gasteiger partial charge in [0.15, 0.2) is 0 Å². The van der Waals surface area contributed by atoms with Crippen LogP contribution in [0.2, 0.25) is 0 Å². The van der Waals surface area contributed by atoms with E-state index in [2.05, 4.69) is 53.6 Å². The molecule has 0 aliphatic rings. The molecule has 0 radical (unpaired) electrons. The van der Waals surface area contributed by atoms with Crippen molar-refractivity contribution in [1.29, 1.82) is 0 Å². The average molecular weight is 189 g/mol. The number of hydrogen-bond donors (Lipinski definition) is 0. The second kappa shape index (κ2) is 4.58. The summed E-state index contributed by atoms with van der Waals surface area (Å²) < 4.78 is 0. The summed E-state index contributed by atoms with van der Waals surface area (Å²) in [4.78, 5) is 2.32. The number of rotatable bonds is 3. The molecule has 0 aromatic rings. The smallest absolute Gasteiger partial charge is 0.0184 e. The molecule has 0 aromatic heterocycles. The van der Waals surface area contributed by atoms with Crippen LogP contribution < -0.4 is 0 Å².